The highest BCUT2D eigenvalue weighted by Crippen LogP contribution is 2.50. The van der Waals surface area contributed by atoms with Gasteiger partial charge in [0.1, 0.15) is 11.6 Å². The van der Waals surface area contributed by atoms with Crippen LogP contribution in [0.2, 0.25) is 5.02 Å². The molecule has 1 aliphatic heterocycles. The van der Waals surface area contributed by atoms with Crippen LogP contribution >= 0.6 is 34.7 Å². The molecule has 1 aromatic heterocycles. The molecule has 1 amide bonds. The van der Waals surface area contributed by atoms with Crippen LogP contribution in [0.1, 0.15) is 38.2 Å². The number of ether oxygens (including phenoxy) is 1. The first kappa shape index (κ1) is 28.7. The zero-order valence-electron chi connectivity index (χ0n) is 22.6. The number of rotatable bonds is 7. The fraction of sp³-hybridized carbons (Fsp3) is 0.276. The summed E-state index contributed by atoms with van der Waals surface area (Å²) in [5.41, 5.74) is 9.31. The first-order chi connectivity index (χ1) is 19.6. The van der Waals surface area contributed by atoms with Gasteiger partial charge in [0.05, 0.1) is 30.4 Å². The van der Waals surface area contributed by atoms with Gasteiger partial charge in [0, 0.05) is 28.4 Å². The van der Waals surface area contributed by atoms with Gasteiger partial charge in [0.15, 0.2) is 10.1 Å². The molecule has 2 heterocycles. The smallest absolute Gasteiger partial charge is 0.234 e. The number of carbonyl (C=O) groups excluding carboxylic acids is 2. The molecule has 0 saturated carbocycles. The number of ketones is 1. The number of nitriles is 1. The van der Waals surface area contributed by atoms with Gasteiger partial charge in [0.25, 0.3) is 0 Å². The molecule has 0 radical (unpaired) electrons. The first-order valence-electron chi connectivity index (χ1n) is 12.7. The highest BCUT2D eigenvalue weighted by molar-refractivity contribution is 8.01. The van der Waals surface area contributed by atoms with Gasteiger partial charge in [0.2, 0.25) is 11.0 Å². The van der Waals surface area contributed by atoms with Crippen molar-refractivity contribution in [1.29, 1.82) is 5.26 Å². The van der Waals surface area contributed by atoms with Crippen LogP contribution in [0, 0.1) is 16.7 Å². The molecule has 0 spiro atoms. The van der Waals surface area contributed by atoms with Crippen molar-refractivity contribution in [3.63, 3.8) is 0 Å². The number of nitrogens with zero attached hydrogens (tertiary/aromatic N) is 4. The lowest BCUT2D eigenvalue weighted by atomic mass is 9.69. The second kappa shape index (κ2) is 11.6. The fourth-order valence-corrected chi connectivity index (χ4v) is 6.87. The lowest BCUT2D eigenvalue weighted by Gasteiger charge is -2.42. The molecule has 12 heteroatoms. The molecule has 0 saturated heterocycles. The molecule has 9 nitrogen and oxygen atoms in total. The number of thioether (sulfide) groups is 1. The standard InChI is InChI=1S/C29H27ClN6O3S2/c1-29(2)12-21-25(22(37)13-29)24(16-4-6-17(30)7-5-16)20(14-31)26(32)36(21)27-34-35-28(41-27)40-15-23(38)33-18-8-10-19(39-3)11-9-18/h4-11,24H,12-13,15,32H2,1-3H3,(H,33,38). The average molecular weight is 607 g/mol. The molecule has 210 valence electrons. The minimum absolute atomic E-state index is 0.0317. The summed E-state index contributed by atoms with van der Waals surface area (Å²) in [6.45, 7) is 4.07. The molecule has 1 atom stereocenters. The van der Waals surface area contributed by atoms with Crippen molar-refractivity contribution < 1.29 is 14.3 Å². The summed E-state index contributed by atoms with van der Waals surface area (Å²) in [5, 5.41) is 22.7. The van der Waals surface area contributed by atoms with Gasteiger partial charge >= 0.3 is 0 Å². The second-order valence-corrected chi connectivity index (χ2v) is 13.1. The fourth-order valence-electron chi connectivity index (χ4n) is 5.07. The van der Waals surface area contributed by atoms with Gasteiger partial charge in [-0.2, -0.15) is 5.26 Å². The number of nitrogens with one attached hydrogen (secondary N) is 1. The van der Waals surface area contributed by atoms with Crippen molar-refractivity contribution in [2.45, 2.75) is 36.9 Å². The number of nitrogens with two attached hydrogens (primary N) is 1. The molecule has 0 fully saturated rings. The molecule has 41 heavy (non-hydrogen) atoms. The van der Waals surface area contributed by atoms with Gasteiger partial charge in [-0.05, 0) is 53.8 Å². The monoisotopic (exact) mass is 606 g/mol. The molecule has 3 aromatic rings. The Labute approximate surface area is 251 Å². The van der Waals surface area contributed by atoms with E-state index in [4.69, 9.17) is 22.1 Å². The zero-order chi connectivity index (χ0) is 29.3. The summed E-state index contributed by atoms with van der Waals surface area (Å²) in [4.78, 5) is 27.9. The van der Waals surface area contributed by atoms with E-state index < -0.39 is 5.92 Å². The summed E-state index contributed by atoms with van der Waals surface area (Å²) in [6.07, 6.45) is 0.910. The largest absolute Gasteiger partial charge is 0.497 e. The Morgan fingerprint density at radius 3 is 2.59 bits per heavy atom. The third-order valence-electron chi connectivity index (χ3n) is 6.87. The van der Waals surface area contributed by atoms with Crippen LogP contribution in [0.15, 0.2) is 75.5 Å². The molecule has 3 N–H and O–H groups in total. The van der Waals surface area contributed by atoms with Crippen molar-refractivity contribution in [1.82, 2.24) is 10.2 Å². The molecule has 2 aromatic carbocycles. The molecule has 1 unspecified atom stereocenters. The van der Waals surface area contributed by atoms with Crippen LogP contribution in [-0.2, 0) is 9.59 Å². The van der Waals surface area contributed by atoms with E-state index in [1.54, 1.807) is 48.4 Å². The minimum Gasteiger partial charge on any atom is -0.497 e. The highest BCUT2D eigenvalue weighted by Gasteiger charge is 2.45. The van der Waals surface area contributed by atoms with E-state index in [9.17, 15) is 14.9 Å². The number of Topliss-reactive ketones (excluding diaryl/α,β-unsaturated/α-hetero) is 1. The third-order valence-corrected chi connectivity index (χ3v) is 9.17. The Bertz CT molecular complexity index is 1610. The lowest BCUT2D eigenvalue weighted by Crippen LogP contribution is -2.42. The number of anilines is 2. The Morgan fingerprint density at radius 1 is 1.22 bits per heavy atom. The maximum atomic E-state index is 13.6. The van der Waals surface area contributed by atoms with E-state index in [-0.39, 0.29) is 34.3 Å². The van der Waals surface area contributed by atoms with Crippen LogP contribution in [0.5, 0.6) is 5.75 Å². The minimum atomic E-state index is -0.601. The van der Waals surface area contributed by atoms with Gasteiger partial charge in [-0.25, -0.2) is 0 Å². The van der Waals surface area contributed by atoms with Crippen LogP contribution in [0.3, 0.4) is 0 Å². The second-order valence-electron chi connectivity index (χ2n) is 10.4. The number of amides is 1. The summed E-state index contributed by atoms with van der Waals surface area (Å²) >= 11 is 8.61. The van der Waals surface area contributed by atoms with Crippen LogP contribution in [0.4, 0.5) is 10.8 Å². The Balaban J connectivity index is 1.43. The van der Waals surface area contributed by atoms with Gasteiger partial charge in [-0.15, -0.1) is 10.2 Å². The highest BCUT2D eigenvalue weighted by atomic mass is 35.5. The number of carbonyl (C=O) groups is 2. The maximum absolute atomic E-state index is 13.6. The van der Waals surface area contributed by atoms with Crippen molar-refractivity contribution in [3.05, 3.63) is 81.8 Å². The Morgan fingerprint density at radius 2 is 1.93 bits per heavy atom. The number of aromatic nitrogens is 2. The van der Waals surface area contributed by atoms with E-state index >= 15 is 0 Å². The predicted octanol–water partition coefficient (Wildman–Crippen LogP) is 5.87. The van der Waals surface area contributed by atoms with Crippen molar-refractivity contribution in [2.75, 3.05) is 23.1 Å². The molecule has 0 bridgehead atoms. The summed E-state index contributed by atoms with van der Waals surface area (Å²) < 4.78 is 5.70. The average Bonchev–Trinajstić information content (AvgIpc) is 3.40. The molecule has 5 rings (SSSR count). The van der Waals surface area contributed by atoms with Crippen LogP contribution in [-0.4, -0.2) is 34.8 Å². The predicted molar refractivity (Wildman–Crippen MR) is 161 cm³/mol. The summed E-state index contributed by atoms with van der Waals surface area (Å²) in [6, 6.07) is 16.4. The zero-order valence-corrected chi connectivity index (χ0v) is 25.0. The number of hydrogen-bond acceptors (Lipinski definition) is 10. The Hall–Kier alpha value is -3.85. The van der Waals surface area contributed by atoms with Crippen LogP contribution in [0.25, 0.3) is 0 Å². The molecule has 2 aliphatic rings. The van der Waals surface area contributed by atoms with Crippen molar-refractivity contribution in [2.24, 2.45) is 11.1 Å². The number of hydrogen-bond donors (Lipinski definition) is 2. The Kier molecular flexibility index (Phi) is 8.09. The maximum Gasteiger partial charge on any atom is 0.234 e. The van der Waals surface area contributed by atoms with E-state index in [1.165, 1.54) is 23.1 Å². The lowest BCUT2D eigenvalue weighted by molar-refractivity contribution is -0.118. The normalized spacial score (nSPS) is 18.2. The molecular formula is C29H27ClN6O3S2. The molecular weight excluding hydrogens is 580 g/mol. The van der Waals surface area contributed by atoms with E-state index in [1.807, 2.05) is 26.0 Å². The van der Waals surface area contributed by atoms with Gasteiger partial charge < -0.3 is 15.8 Å². The first-order valence-corrected chi connectivity index (χ1v) is 14.9. The molecule has 1 aliphatic carbocycles. The van der Waals surface area contributed by atoms with E-state index in [0.29, 0.717) is 50.0 Å². The topological polar surface area (TPSA) is 134 Å². The number of methoxy groups -OCH3 is 1. The van der Waals surface area contributed by atoms with E-state index in [2.05, 4.69) is 21.6 Å². The number of allylic oxidation sites excluding steroid dienone is 3. The summed E-state index contributed by atoms with van der Waals surface area (Å²) in [7, 11) is 1.58. The summed E-state index contributed by atoms with van der Waals surface area (Å²) in [5.74, 6) is 0.197. The van der Waals surface area contributed by atoms with Crippen molar-refractivity contribution in [3.8, 4) is 11.8 Å². The van der Waals surface area contributed by atoms with Gasteiger partial charge in [-0.3, -0.25) is 14.5 Å². The van der Waals surface area contributed by atoms with Gasteiger partial charge in [-0.1, -0.05) is 60.7 Å². The number of halogens is 1. The van der Waals surface area contributed by atoms with Crippen LogP contribution < -0.4 is 20.7 Å². The van der Waals surface area contributed by atoms with Crippen molar-refractivity contribution >= 4 is 57.2 Å². The quantitative estimate of drug-likeness (QED) is 0.316. The van der Waals surface area contributed by atoms with E-state index in [0.717, 1.165) is 5.56 Å². The number of benzene rings is 2. The third kappa shape index (κ3) is 5.95. The SMILES string of the molecule is COc1ccc(NC(=O)CSc2nnc(N3C(N)=C(C#N)C(c4ccc(Cl)cc4)C4=C3CC(C)(C)CC4=O)s2)cc1.